The summed E-state index contributed by atoms with van der Waals surface area (Å²) in [6, 6.07) is 34.3. The van der Waals surface area contributed by atoms with E-state index >= 15 is 0 Å². The maximum absolute atomic E-state index is 12.5. The minimum Gasteiger partial charge on any atom is -0.377 e. The monoisotopic (exact) mass is 394 g/mol. The second-order valence-electron chi connectivity index (χ2n) is 7.89. The Labute approximate surface area is 178 Å². The number of aryl methyl sites for hydroxylation is 2. The van der Waals surface area contributed by atoms with E-state index in [-0.39, 0.29) is 0 Å². The maximum Gasteiger partial charge on any atom is 0.152 e. The summed E-state index contributed by atoms with van der Waals surface area (Å²) < 4.78 is 0. The molecular formula is C28H26O2. The SMILES string of the molecule is Cc1cccc(C(O)(c2ccccc2)C(O)(c2ccccc2)c2cccc(C)c2)c1. The van der Waals surface area contributed by atoms with Crippen LogP contribution in [0.5, 0.6) is 0 Å². The Balaban J connectivity index is 2.12. The van der Waals surface area contributed by atoms with Gasteiger partial charge in [0, 0.05) is 0 Å². The van der Waals surface area contributed by atoms with Crippen LogP contribution in [0, 0.1) is 13.8 Å². The van der Waals surface area contributed by atoms with Crippen LogP contribution in [0.2, 0.25) is 0 Å². The van der Waals surface area contributed by atoms with Crippen LogP contribution in [0.3, 0.4) is 0 Å². The molecular weight excluding hydrogens is 368 g/mol. The first kappa shape index (κ1) is 20.1. The lowest BCUT2D eigenvalue weighted by Crippen LogP contribution is -2.51. The van der Waals surface area contributed by atoms with Gasteiger partial charge in [0.05, 0.1) is 0 Å². The van der Waals surface area contributed by atoms with Gasteiger partial charge in [-0.2, -0.15) is 0 Å². The molecule has 2 N–H and O–H groups in total. The van der Waals surface area contributed by atoms with E-state index in [2.05, 4.69) is 0 Å². The highest BCUT2D eigenvalue weighted by Gasteiger charge is 2.54. The van der Waals surface area contributed by atoms with Gasteiger partial charge in [0.15, 0.2) is 11.2 Å². The predicted molar refractivity (Wildman–Crippen MR) is 121 cm³/mol. The molecule has 0 aromatic heterocycles. The van der Waals surface area contributed by atoms with Crippen molar-refractivity contribution in [2.75, 3.05) is 0 Å². The molecule has 0 aliphatic heterocycles. The highest BCUT2D eigenvalue weighted by molar-refractivity contribution is 5.51. The van der Waals surface area contributed by atoms with Gasteiger partial charge in [0.2, 0.25) is 0 Å². The van der Waals surface area contributed by atoms with Crippen LogP contribution in [0.15, 0.2) is 109 Å². The third kappa shape index (κ3) is 3.24. The zero-order valence-corrected chi connectivity index (χ0v) is 17.3. The van der Waals surface area contributed by atoms with Crippen molar-refractivity contribution in [3.8, 4) is 0 Å². The molecule has 2 heteroatoms. The normalized spacial score (nSPS) is 15.2. The van der Waals surface area contributed by atoms with Crippen LogP contribution in [-0.2, 0) is 11.2 Å². The first-order chi connectivity index (χ1) is 14.5. The van der Waals surface area contributed by atoms with Crippen molar-refractivity contribution < 1.29 is 10.2 Å². The van der Waals surface area contributed by atoms with Crippen LogP contribution >= 0.6 is 0 Å². The Morgan fingerprint density at radius 2 is 0.767 bits per heavy atom. The quantitative estimate of drug-likeness (QED) is 0.471. The van der Waals surface area contributed by atoms with E-state index < -0.39 is 11.2 Å². The highest BCUT2D eigenvalue weighted by Crippen LogP contribution is 2.49. The molecule has 4 aromatic carbocycles. The fourth-order valence-electron chi connectivity index (χ4n) is 4.27. The summed E-state index contributed by atoms with van der Waals surface area (Å²) in [5, 5.41) is 25.1. The summed E-state index contributed by atoms with van der Waals surface area (Å²) in [6.07, 6.45) is 0. The second kappa shape index (κ2) is 7.91. The van der Waals surface area contributed by atoms with E-state index in [9.17, 15) is 10.2 Å². The van der Waals surface area contributed by atoms with Gasteiger partial charge in [0.25, 0.3) is 0 Å². The van der Waals surface area contributed by atoms with E-state index in [4.69, 9.17) is 0 Å². The second-order valence-corrected chi connectivity index (χ2v) is 7.89. The summed E-state index contributed by atoms with van der Waals surface area (Å²) in [4.78, 5) is 0. The maximum atomic E-state index is 12.5. The van der Waals surface area contributed by atoms with Crippen LogP contribution < -0.4 is 0 Å². The first-order valence-electron chi connectivity index (χ1n) is 10.2. The number of rotatable bonds is 5. The van der Waals surface area contributed by atoms with Crippen LogP contribution in [0.1, 0.15) is 33.4 Å². The molecule has 0 fully saturated rings. The number of hydrogen-bond donors (Lipinski definition) is 2. The van der Waals surface area contributed by atoms with Gasteiger partial charge in [-0.25, -0.2) is 0 Å². The van der Waals surface area contributed by atoms with Crippen LogP contribution in [0.25, 0.3) is 0 Å². The first-order valence-corrected chi connectivity index (χ1v) is 10.2. The lowest BCUT2D eigenvalue weighted by Gasteiger charge is -2.45. The van der Waals surface area contributed by atoms with Crippen LogP contribution in [-0.4, -0.2) is 10.2 Å². The van der Waals surface area contributed by atoms with Gasteiger partial charge in [-0.3, -0.25) is 0 Å². The van der Waals surface area contributed by atoms with Crippen molar-refractivity contribution in [3.63, 3.8) is 0 Å². The predicted octanol–water partition coefficient (Wildman–Crippen LogP) is 5.48. The smallest absolute Gasteiger partial charge is 0.152 e. The fraction of sp³-hybridized carbons (Fsp3) is 0.143. The summed E-state index contributed by atoms with van der Waals surface area (Å²) in [5.41, 5.74) is 1.14. The molecule has 0 saturated heterocycles. The van der Waals surface area contributed by atoms with Gasteiger partial charge in [-0.15, -0.1) is 0 Å². The molecule has 150 valence electrons. The summed E-state index contributed by atoms with van der Waals surface area (Å²) >= 11 is 0. The Hall–Kier alpha value is -3.20. The van der Waals surface area contributed by atoms with Crippen molar-refractivity contribution >= 4 is 0 Å². The molecule has 0 radical (unpaired) electrons. The minimum absolute atomic E-state index is 0.628. The molecule has 30 heavy (non-hydrogen) atoms. The van der Waals surface area contributed by atoms with Gasteiger partial charge in [0.1, 0.15) is 0 Å². The van der Waals surface area contributed by atoms with E-state index in [1.165, 1.54) is 0 Å². The average Bonchev–Trinajstić information content (AvgIpc) is 2.79. The van der Waals surface area contributed by atoms with Crippen molar-refractivity contribution in [1.29, 1.82) is 0 Å². The summed E-state index contributed by atoms with van der Waals surface area (Å²) in [7, 11) is 0. The van der Waals surface area contributed by atoms with Gasteiger partial charge in [-0.05, 0) is 36.1 Å². The van der Waals surface area contributed by atoms with Gasteiger partial charge >= 0.3 is 0 Å². The molecule has 4 aromatic rings. The summed E-state index contributed by atoms with van der Waals surface area (Å²) in [6.45, 7) is 3.98. The molecule has 0 bridgehead atoms. The van der Waals surface area contributed by atoms with Crippen LogP contribution in [0.4, 0.5) is 0 Å². The number of aliphatic hydroxyl groups is 2. The Morgan fingerprint density at radius 3 is 1.10 bits per heavy atom. The minimum atomic E-state index is -1.71. The molecule has 0 heterocycles. The Kier molecular flexibility index (Phi) is 5.29. The molecule has 0 aliphatic carbocycles. The lowest BCUT2D eigenvalue weighted by molar-refractivity contribution is -0.113. The van der Waals surface area contributed by atoms with E-state index in [0.717, 1.165) is 11.1 Å². The third-order valence-electron chi connectivity index (χ3n) is 5.78. The van der Waals surface area contributed by atoms with Crippen molar-refractivity contribution in [2.45, 2.75) is 25.0 Å². The largest absolute Gasteiger partial charge is 0.377 e. The molecule has 0 spiro atoms. The molecule has 0 aliphatic rings. The summed E-state index contributed by atoms with van der Waals surface area (Å²) in [5.74, 6) is 0. The Bertz CT molecular complexity index is 1040. The lowest BCUT2D eigenvalue weighted by atomic mass is 9.66. The molecule has 2 unspecified atom stereocenters. The highest BCUT2D eigenvalue weighted by atomic mass is 16.4. The van der Waals surface area contributed by atoms with E-state index in [1.54, 1.807) is 0 Å². The van der Waals surface area contributed by atoms with Crippen molar-refractivity contribution in [2.24, 2.45) is 0 Å². The van der Waals surface area contributed by atoms with Gasteiger partial charge in [-0.1, -0.05) is 120 Å². The van der Waals surface area contributed by atoms with E-state index in [1.807, 2.05) is 123 Å². The zero-order valence-electron chi connectivity index (χ0n) is 17.3. The standard InChI is InChI=1S/C28H26O2/c1-21-11-9-17-25(19-21)27(29,23-13-5-3-6-14-23)28(30,24-15-7-4-8-16-24)26-18-10-12-22(2)20-26/h3-20,29-30H,1-2H3. The van der Waals surface area contributed by atoms with Gasteiger partial charge < -0.3 is 10.2 Å². The number of benzene rings is 4. The van der Waals surface area contributed by atoms with Crippen molar-refractivity contribution in [1.82, 2.24) is 0 Å². The third-order valence-corrected chi connectivity index (χ3v) is 5.78. The molecule has 0 saturated carbocycles. The molecule has 2 atom stereocenters. The zero-order chi connectivity index (χ0) is 21.2. The average molecular weight is 395 g/mol. The molecule has 0 amide bonds. The molecule has 4 rings (SSSR count). The van der Waals surface area contributed by atoms with E-state index in [0.29, 0.717) is 22.3 Å². The number of hydrogen-bond acceptors (Lipinski definition) is 2. The molecule has 2 nitrogen and oxygen atoms in total. The van der Waals surface area contributed by atoms with Crippen molar-refractivity contribution in [3.05, 3.63) is 143 Å². The topological polar surface area (TPSA) is 40.5 Å². The fourth-order valence-corrected chi connectivity index (χ4v) is 4.27. The Morgan fingerprint density at radius 1 is 0.433 bits per heavy atom.